The molecule has 1 atom stereocenters. The summed E-state index contributed by atoms with van der Waals surface area (Å²) in [6.45, 7) is 7.04. The number of aromatic nitrogens is 3. The topological polar surface area (TPSA) is 86.1 Å². The third kappa shape index (κ3) is 3.49. The smallest absolute Gasteiger partial charge is 0.294 e. The van der Waals surface area contributed by atoms with Gasteiger partial charge in [-0.3, -0.25) is 9.59 Å². The molecule has 2 aromatic heterocycles. The van der Waals surface area contributed by atoms with Crippen molar-refractivity contribution in [1.29, 1.82) is 0 Å². The normalized spacial score (nSPS) is 17.8. The molecule has 0 spiro atoms. The summed E-state index contributed by atoms with van der Waals surface area (Å²) in [6, 6.07) is 0. The van der Waals surface area contributed by atoms with E-state index in [-0.39, 0.29) is 30.0 Å². The molecule has 1 saturated heterocycles. The summed E-state index contributed by atoms with van der Waals surface area (Å²) in [5.41, 5.74) is 0.815. The van der Waals surface area contributed by atoms with E-state index in [1.54, 1.807) is 0 Å². The van der Waals surface area contributed by atoms with Gasteiger partial charge in [0.2, 0.25) is 5.91 Å². The molecule has 2 aromatic rings. The van der Waals surface area contributed by atoms with Crippen LogP contribution in [0.3, 0.4) is 0 Å². The number of carbonyl (C=O) groups excluding carboxylic acids is 1. The number of rotatable bonds is 5. The Labute approximate surface area is 144 Å². The number of nitrogens with one attached hydrogen (secondary N) is 1. The molecule has 130 valence electrons. The lowest BCUT2D eigenvalue weighted by molar-refractivity contribution is -0.122. The van der Waals surface area contributed by atoms with E-state index in [1.807, 2.05) is 20.8 Å². The Balaban J connectivity index is 1.77. The number of thiazole rings is 1. The van der Waals surface area contributed by atoms with Crippen molar-refractivity contribution in [3.8, 4) is 0 Å². The summed E-state index contributed by atoms with van der Waals surface area (Å²) < 4.78 is 7.48. The summed E-state index contributed by atoms with van der Waals surface area (Å²) in [6.07, 6.45) is 2.06. The fraction of sp³-hybridized carbons (Fsp3) is 0.625. The van der Waals surface area contributed by atoms with Crippen LogP contribution >= 0.6 is 11.3 Å². The van der Waals surface area contributed by atoms with Gasteiger partial charge in [-0.05, 0) is 19.8 Å². The second-order valence-corrected chi connectivity index (χ2v) is 7.40. The Morgan fingerprint density at radius 1 is 1.50 bits per heavy atom. The number of amides is 1. The lowest BCUT2D eigenvalue weighted by Crippen LogP contribution is -2.37. The molecule has 3 heterocycles. The van der Waals surface area contributed by atoms with Crippen molar-refractivity contribution in [3.05, 3.63) is 21.1 Å². The van der Waals surface area contributed by atoms with Gasteiger partial charge in [0.15, 0.2) is 5.52 Å². The van der Waals surface area contributed by atoms with E-state index in [1.165, 1.54) is 16.0 Å². The van der Waals surface area contributed by atoms with Crippen LogP contribution in [0, 0.1) is 6.92 Å². The van der Waals surface area contributed by atoms with Gasteiger partial charge in [0.1, 0.15) is 6.54 Å². The van der Waals surface area contributed by atoms with E-state index in [4.69, 9.17) is 4.74 Å². The second-order valence-electron chi connectivity index (χ2n) is 6.37. The molecule has 1 aliphatic rings. The molecule has 1 unspecified atom stereocenters. The molecule has 0 bridgehead atoms. The average molecular weight is 350 g/mol. The number of ether oxygens (including phenoxy) is 1. The van der Waals surface area contributed by atoms with Crippen molar-refractivity contribution < 1.29 is 9.53 Å². The third-order valence-electron chi connectivity index (χ3n) is 4.02. The van der Waals surface area contributed by atoms with Crippen LogP contribution < -0.4 is 10.9 Å². The first-order valence-electron chi connectivity index (χ1n) is 8.22. The van der Waals surface area contributed by atoms with Crippen molar-refractivity contribution in [2.75, 3.05) is 13.2 Å². The summed E-state index contributed by atoms with van der Waals surface area (Å²) in [7, 11) is 0. The van der Waals surface area contributed by atoms with E-state index in [0.29, 0.717) is 12.1 Å². The van der Waals surface area contributed by atoms with Gasteiger partial charge in [-0.25, -0.2) is 9.67 Å². The predicted octanol–water partition coefficient (Wildman–Crippen LogP) is 1.58. The van der Waals surface area contributed by atoms with Crippen molar-refractivity contribution in [2.24, 2.45) is 0 Å². The maximum atomic E-state index is 12.6. The fourth-order valence-corrected chi connectivity index (χ4v) is 3.70. The third-order valence-corrected chi connectivity index (χ3v) is 5.48. The standard InChI is InChI=1S/C16H22N4O3S/c1-9(2)15-18-13-14(24-15)10(3)19-20(16(13)22)8-12(21)17-7-11-5-4-6-23-11/h9,11H,4-8H2,1-3H3,(H,17,21). The van der Waals surface area contributed by atoms with E-state index < -0.39 is 0 Å². The van der Waals surface area contributed by atoms with Gasteiger partial charge >= 0.3 is 0 Å². The number of aryl methyl sites for hydroxylation is 1. The van der Waals surface area contributed by atoms with Gasteiger partial charge in [-0.15, -0.1) is 11.3 Å². The Kier molecular flexibility index (Phi) is 4.96. The maximum absolute atomic E-state index is 12.6. The molecule has 1 fully saturated rings. The molecule has 0 radical (unpaired) electrons. The summed E-state index contributed by atoms with van der Waals surface area (Å²) >= 11 is 1.50. The molecule has 8 heteroatoms. The molecular formula is C16H22N4O3S. The van der Waals surface area contributed by atoms with Gasteiger partial charge in [0, 0.05) is 19.1 Å². The van der Waals surface area contributed by atoms with Crippen molar-refractivity contribution in [3.63, 3.8) is 0 Å². The Morgan fingerprint density at radius 2 is 2.29 bits per heavy atom. The zero-order valence-corrected chi connectivity index (χ0v) is 15.0. The highest BCUT2D eigenvalue weighted by Gasteiger charge is 2.19. The van der Waals surface area contributed by atoms with Crippen LogP contribution in [0.5, 0.6) is 0 Å². The fourth-order valence-electron chi connectivity index (χ4n) is 2.70. The molecule has 1 N–H and O–H groups in total. The van der Waals surface area contributed by atoms with Crippen LogP contribution in [0.15, 0.2) is 4.79 Å². The molecule has 24 heavy (non-hydrogen) atoms. The summed E-state index contributed by atoms with van der Waals surface area (Å²) in [5.74, 6) is 0.0162. The van der Waals surface area contributed by atoms with Crippen molar-refractivity contribution >= 4 is 27.5 Å². The van der Waals surface area contributed by atoms with Gasteiger partial charge in [0.25, 0.3) is 5.56 Å². The van der Waals surface area contributed by atoms with Crippen LogP contribution in [-0.2, 0) is 16.1 Å². The van der Waals surface area contributed by atoms with Gasteiger partial charge in [-0.1, -0.05) is 13.8 Å². The summed E-state index contributed by atoms with van der Waals surface area (Å²) in [4.78, 5) is 29.1. The molecule has 0 saturated carbocycles. The van der Waals surface area contributed by atoms with Crippen LogP contribution in [0.1, 0.15) is 43.3 Å². The van der Waals surface area contributed by atoms with Gasteiger partial charge in [0.05, 0.1) is 21.5 Å². The lowest BCUT2D eigenvalue weighted by atomic mass is 10.2. The SMILES string of the molecule is Cc1nn(CC(=O)NCC2CCCO2)c(=O)c2nc(C(C)C)sc12. The number of carbonyl (C=O) groups is 1. The van der Waals surface area contributed by atoms with E-state index in [9.17, 15) is 9.59 Å². The zero-order chi connectivity index (χ0) is 17.3. The highest BCUT2D eigenvalue weighted by atomic mass is 32.1. The Hall–Kier alpha value is -1.80. The highest BCUT2D eigenvalue weighted by molar-refractivity contribution is 7.18. The zero-order valence-electron chi connectivity index (χ0n) is 14.2. The first-order valence-corrected chi connectivity index (χ1v) is 9.04. The molecule has 1 aliphatic heterocycles. The number of fused-ring (bicyclic) bond motifs is 1. The minimum atomic E-state index is -0.314. The molecule has 1 amide bonds. The molecular weight excluding hydrogens is 328 g/mol. The molecule has 3 rings (SSSR count). The van der Waals surface area contributed by atoms with Crippen LogP contribution in [0.4, 0.5) is 0 Å². The highest BCUT2D eigenvalue weighted by Crippen LogP contribution is 2.26. The number of nitrogens with zero attached hydrogens (tertiary/aromatic N) is 3. The second kappa shape index (κ2) is 6.98. The lowest BCUT2D eigenvalue weighted by Gasteiger charge is -2.11. The largest absolute Gasteiger partial charge is 0.376 e. The van der Waals surface area contributed by atoms with Crippen LogP contribution in [0.2, 0.25) is 0 Å². The van der Waals surface area contributed by atoms with Gasteiger partial charge < -0.3 is 10.1 Å². The first kappa shape index (κ1) is 17.0. The van der Waals surface area contributed by atoms with E-state index >= 15 is 0 Å². The summed E-state index contributed by atoms with van der Waals surface area (Å²) in [5, 5.41) is 8.00. The molecule has 7 nitrogen and oxygen atoms in total. The maximum Gasteiger partial charge on any atom is 0.294 e. The van der Waals surface area contributed by atoms with Crippen molar-refractivity contribution in [1.82, 2.24) is 20.1 Å². The first-order chi connectivity index (χ1) is 11.5. The van der Waals surface area contributed by atoms with Crippen LogP contribution in [-0.4, -0.2) is 39.9 Å². The van der Waals surface area contributed by atoms with Crippen molar-refractivity contribution in [2.45, 2.75) is 52.2 Å². The molecule has 0 aliphatic carbocycles. The predicted molar refractivity (Wildman–Crippen MR) is 92.5 cm³/mol. The van der Waals surface area contributed by atoms with Gasteiger partial charge in [-0.2, -0.15) is 5.10 Å². The Bertz CT molecular complexity index is 805. The minimum absolute atomic E-state index is 0.0787. The quantitative estimate of drug-likeness (QED) is 0.885. The Morgan fingerprint density at radius 3 is 2.96 bits per heavy atom. The number of hydrogen-bond donors (Lipinski definition) is 1. The van der Waals surface area contributed by atoms with E-state index in [0.717, 1.165) is 34.8 Å². The van der Waals surface area contributed by atoms with Crippen LogP contribution in [0.25, 0.3) is 10.2 Å². The van der Waals surface area contributed by atoms with E-state index in [2.05, 4.69) is 15.4 Å². The average Bonchev–Trinajstić information content (AvgIpc) is 3.19. The minimum Gasteiger partial charge on any atom is -0.376 e. The molecule has 0 aromatic carbocycles. The monoisotopic (exact) mass is 350 g/mol. The number of hydrogen-bond acceptors (Lipinski definition) is 6.